The maximum absolute atomic E-state index is 4.52. The summed E-state index contributed by atoms with van der Waals surface area (Å²) in [5.74, 6) is 1.67. The molecule has 7 heteroatoms. The normalized spacial score (nSPS) is 11.9. The van der Waals surface area contributed by atoms with Crippen LogP contribution in [0.15, 0.2) is 11.3 Å². The van der Waals surface area contributed by atoms with Crippen molar-refractivity contribution in [1.29, 1.82) is 0 Å². The largest absolute Gasteiger partial charge is 0.357 e. The first-order valence-corrected chi connectivity index (χ1v) is 7.28. The molecule has 0 bridgehead atoms. The fraction of sp³-hybridized carbons (Fsp3) is 0.769. The number of hydrogen-bond acceptors (Lipinski definition) is 4. The van der Waals surface area contributed by atoms with Crippen molar-refractivity contribution < 1.29 is 0 Å². The molecule has 0 saturated heterocycles. The van der Waals surface area contributed by atoms with Crippen molar-refractivity contribution in [1.82, 2.24) is 30.3 Å². The van der Waals surface area contributed by atoms with Gasteiger partial charge in [-0.15, -0.1) is 0 Å². The van der Waals surface area contributed by atoms with E-state index in [1.807, 2.05) is 7.05 Å². The van der Waals surface area contributed by atoms with E-state index in [1.165, 1.54) is 0 Å². The van der Waals surface area contributed by atoms with Gasteiger partial charge in [0.25, 0.3) is 0 Å². The van der Waals surface area contributed by atoms with Crippen LogP contribution in [0.4, 0.5) is 0 Å². The van der Waals surface area contributed by atoms with E-state index in [-0.39, 0.29) is 0 Å². The van der Waals surface area contributed by atoms with Crippen molar-refractivity contribution in [2.45, 2.75) is 27.3 Å². The standard InChI is InChI=1S/C13H27N7/c1-5-14-13(15-8-9-20(6-2)7-3)16-10-12-17-11-18-19(12)4/h11H,5-10H2,1-4H3,(H2,14,15,16). The van der Waals surface area contributed by atoms with Crippen molar-refractivity contribution in [3.63, 3.8) is 0 Å². The van der Waals surface area contributed by atoms with Crippen molar-refractivity contribution in [2.24, 2.45) is 12.0 Å². The molecule has 0 amide bonds. The lowest BCUT2D eigenvalue weighted by molar-refractivity contribution is 0.308. The molecule has 0 spiro atoms. The quantitative estimate of drug-likeness (QED) is 0.527. The topological polar surface area (TPSA) is 70.4 Å². The van der Waals surface area contributed by atoms with Crippen molar-refractivity contribution in [3.05, 3.63) is 12.2 Å². The second-order valence-corrected chi connectivity index (χ2v) is 4.45. The zero-order chi connectivity index (χ0) is 14.8. The van der Waals surface area contributed by atoms with Gasteiger partial charge in [-0.3, -0.25) is 4.68 Å². The van der Waals surface area contributed by atoms with Gasteiger partial charge in [-0.05, 0) is 20.0 Å². The zero-order valence-electron chi connectivity index (χ0n) is 13.1. The van der Waals surface area contributed by atoms with Crippen molar-refractivity contribution >= 4 is 5.96 Å². The monoisotopic (exact) mass is 281 g/mol. The number of rotatable bonds is 8. The molecule has 1 heterocycles. The molecule has 0 aliphatic heterocycles. The summed E-state index contributed by atoms with van der Waals surface area (Å²) >= 11 is 0. The molecule has 1 aromatic rings. The van der Waals surface area contributed by atoms with Gasteiger partial charge in [0, 0.05) is 26.7 Å². The summed E-state index contributed by atoms with van der Waals surface area (Å²) in [6.07, 6.45) is 1.55. The van der Waals surface area contributed by atoms with Crippen molar-refractivity contribution in [3.8, 4) is 0 Å². The third kappa shape index (κ3) is 5.56. The average Bonchev–Trinajstić information content (AvgIpc) is 2.86. The Labute approximate surface area is 121 Å². The van der Waals surface area contributed by atoms with Crippen LogP contribution in [-0.2, 0) is 13.6 Å². The van der Waals surface area contributed by atoms with Crippen LogP contribution in [0.2, 0.25) is 0 Å². The van der Waals surface area contributed by atoms with E-state index < -0.39 is 0 Å². The fourth-order valence-corrected chi connectivity index (χ4v) is 1.83. The van der Waals surface area contributed by atoms with Gasteiger partial charge in [0.1, 0.15) is 18.7 Å². The number of hydrogen-bond donors (Lipinski definition) is 2. The molecule has 20 heavy (non-hydrogen) atoms. The lowest BCUT2D eigenvalue weighted by Gasteiger charge is -2.19. The number of nitrogens with zero attached hydrogens (tertiary/aromatic N) is 5. The summed E-state index contributed by atoms with van der Waals surface area (Å²) in [7, 11) is 1.87. The molecule has 0 aromatic carbocycles. The summed E-state index contributed by atoms with van der Waals surface area (Å²) in [6.45, 7) is 11.8. The Bertz CT molecular complexity index is 395. The molecule has 2 N–H and O–H groups in total. The molecule has 0 saturated carbocycles. The minimum Gasteiger partial charge on any atom is -0.357 e. The summed E-state index contributed by atoms with van der Waals surface area (Å²) in [6, 6.07) is 0. The number of nitrogens with one attached hydrogen (secondary N) is 2. The first-order valence-electron chi connectivity index (χ1n) is 7.28. The maximum atomic E-state index is 4.52. The molecule has 114 valence electrons. The molecule has 7 nitrogen and oxygen atoms in total. The Kier molecular flexibility index (Phi) is 7.64. The average molecular weight is 281 g/mol. The van der Waals surface area contributed by atoms with Crippen LogP contribution in [0.1, 0.15) is 26.6 Å². The Morgan fingerprint density at radius 2 is 2.05 bits per heavy atom. The number of aromatic nitrogens is 3. The van der Waals surface area contributed by atoms with Gasteiger partial charge in [0.2, 0.25) is 0 Å². The number of likely N-dealkylation sites (N-methyl/N-ethyl adjacent to an activating group) is 1. The van der Waals surface area contributed by atoms with E-state index in [2.05, 4.69) is 51.4 Å². The van der Waals surface area contributed by atoms with Crippen LogP contribution in [0, 0.1) is 0 Å². The van der Waals surface area contributed by atoms with Gasteiger partial charge in [-0.2, -0.15) is 5.10 Å². The Hall–Kier alpha value is -1.63. The van der Waals surface area contributed by atoms with Gasteiger partial charge < -0.3 is 15.5 Å². The molecule has 0 radical (unpaired) electrons. The van der Waals surface area contributed by atoms with Crippen molar-refractivity contribution in [2.75, 3.05) is 32.7 Å². The highest BCUT2D eigenvalue weighted by Gasteiger charge is 2.02. The van der Waals surface area contributed by atoms with E-state index in [1.54, 1.807) is 11.0 Å². The predicted molar refractivity (Wildman–Crippen MR) is 81.6 cm³/mol. The van der Waals surface area contributed by atoms with Gasteiger partial charge >= 0.3 is 0 Å². The van der Waals surface area contributed by atoms with Crippen LogP contribution in [0.3, 0.4) is 0 Å². The first kappa shape index (κ1) is 16.4. The van der Waals surface area contributed by atoms with Gasteiger partial charge in [0.15, 0.2) is 5.96 Å². The molecule has 0 unspecified atom stereocenters. The highest BCUT2D eigenvalue weighted by molar-refractivity contribution is 5.79. The number of aliphatic imine (C=N–C) groups is 1. The highest BCUT2D eigenvalue weighted by Crippen LogP contribution is 1.93. The third-order valence-electron chi connectivity index (χ3n) is 3.14. The molecular formula is C13H27N7. The summed E-state index contributed by atoms with van der Waals surface area (Å²) in [5, 5.41) is 10.6. The first-order chi connectivity index (χ1) is 9.71. The summed E-state index contributed by atoms with van der Waals surface area (Å²) in [4.78, 5) is 11.1. The summed E-state index contributed by atoms with van der Waals surface area (Å²) < 4.78 is 1.74. The molecule has 1 rings (SSSR count). The molecule has 1 aromatic heterocycles. The van der Waals surface area contributed by atoms with Gasteiger partial charge in [0.05, 0.1) is 0 Å². The minimum absolute atomic E-state index is 0.525. The molecule has 0 fully saturated rings. The Morgan fingerprint density at radius 1 is 1.30 bits per heavy atom. The van der Waals surface area contributed by atoms with Crippen LogP contribution in [0.25, 0.3) is 0 Å². The molecular weight excluding hydrogens is 254 g/mol. The van der Waals surface area contributed by atoms with Gasteiger partial charge in [-0.1, -0.05) is 13.8 Å². The summed E-state index contributed by atoms with van der Waals surface area (Å²) in [5.41, 5.74) is 0. The Morgan fingerprint density at radius 3 is 2.60 bits per heavy atom. The number of guanidine groups is 1. The van der Waals surface area contributed by atoms with Crippen LogP contribution in [-0.4, -0.2) is 58.3 Å². The second kappa shape index (κ2) is 9.30. The molecule has 0 atom stereocenters. The second-order valence-electron chi connectivity index (χ2n) is 4.45. The van der Waals surface area contributed by atoms with E-state index in [9.17, 15) is 0 Å². The molecule has 0 aliphatic carbocycles. The third-order valence-corrected chi connectivity index (χ3v) is 3.14. The molecule has 0 aliphatic rings. The SMILES string of the molecule is CCNC(=NCc1ncnn1C)NCCN(CC)CC. The van der Waals surface area contributed by atoms with Crippen LogP contribution >= 0.6 is 0 Å². The lowest BCUT2D eigenvalue weighted by Crippen LogP contribution is -2.41. The van der Waals surface area contributed by atoms with Crippen LogP contribution < -0.4 is 10.6 Å². The minimum atomic E-state index is 0.525. The van der Waals surface area contributed by atoms with E-state index in [0.717, 1.165) is 44.5 Å². The highest BCUT2D eigenvalue weighted by atomic mass is 15.3. The fourth-order valence-electron chi connectivity index (χ4n) is 1.83. The van der Waals surface area contributed by atoms with E-state index in [0.29, 0.717) is 6.54 Å². The predicted octanol–water partition coefficient (Wildman–Crippen LogP) is 0.212. The lowest BCUT2D eigenvalue weighted by atomic mass is 10.4. The number of aryl methyl sites for hydroxylation is 1. The maximum Gasteiger partial charge on any atom is 0.191 e. The smallest absolute Gasteiger partial charge is 0.191 e. The Balaban J connectivity index is 2.45. The van der Waals surface area contributed by atoms with Gasteiger partial charge in [-0.25, -0.2) is 9.98 Å². The van der Waals surface area contributed by atoms with E-state index >= 15 is 0 Å². The van der Waals surface area contributed by atoms with E-state index in [4.69, 9.17) is 0 Å². The zero-order valence-corrected chi connectivity index (χ0v) is 13.1. The van der Waals surface area contributed by atoms with Crippen LogP contribution in [0.5, 0.6) is 0 Å².